The monoisotopic (exact) mass is 348 g/mol. The topological polar surface area (TPSA) is 69.8 Å². The van der Waals surface area contributed by atoms with Gasteiger partial charge in [-0.25, -0.2) is 4.99 Å². The summed E-state index contributed by atoms with van der Waals surface area (Å²) in [6.45, 7) is 7.41. The first kappa shape index (κ1) is 18.5. The second-order valence-electron chi connectivity index (χ2n) is 5.65. The van der Waals surface area contributed by atoms with E-state index >= 15 is 0 Å². The minimum absolute atomic E-state index is 0.238. The fourth-order valence-electron chi connectivity index (χ4n) is 2.50. The van der Waals surface area contributed by atoms with Gasteiger partial charge in [-0.2, -0.15) is 18.2 Å². The molecule has 0 bridgehead atoms. The summed E-state index contributed by atoms with van der Waals surface area (Å²) in [5.41, 5.74) is 0. The molecule has 0 aromatic carbocycles. The molecule has 2 heterocycles. The number of halogens is 3. The lowest BCUT2D eigenvalue weighted by atomic mass is 10.2. The Hall–Kier alpha value is -1.84. The van der Waals surface area contributed by atoms with E-state index in [2.05, 4.69) is 20.4 Å². The van der Waals surface area contributed by atoms with Crippen molar-refractivity contribution in [2.45, 2.75) is 39.5 Å². The van der Waals surface area contributed by atoms with Gasteiger partial charge in [0, 0.05) is 32.7 Å². The Balaban J connectivity index is 1.95. The predicted molar refractivity (Wildman–Crippen MR) is 82.5 cm³/mol. The van der Waals surface area contributed by atoms with Gasteiger partial charge in [-0.1, -0.05) is 5.16 Å². The van der Waals surface area contributed by atoms with E-state index < -0.39 is 12.2 Å². The van der Waals surface area contributed by atoms with Crippen LogP contribution in [0, 0.1) is 6.92 Å². The van der Waals surface area contributed by atoms with E-state index in [1.165, 1.54) is 11.8 Å². The molecule has 1 N–H and O–H groups in total. The SMILES string of the molecule is CCNC(=NCc1nc(C)no1)N1CCN(C(C)C(F)(F)F)CC1. The average Bonchev–Trinajstić information content (AvgIpc) is 2.95. The zero-order valence-electron chi connectivity index (χ0n) is 14.1. The van der Waals surface area contributed by atoms with Gasteiger partial charge >= 0.3 is 6.18 Å². The summed E-state index contributed by atoms with van der Waals surface area (Å²) in [6.07, 6.45) is -4.20. The van der Waals surface area contributed by atoms with Gasteiger partial charge in [0.05, 0.1) is 0 Å². The molecule has 2 rings (SSSR count). The second kappa shape index (κ2) is 7.82. The summed E-state index contributed by atoms with van der Waals surface area (Å²) < 4.78 is 43.4. The highest BCUT2D eigenvalue weighted by molar-refractivity contribution is 5.80. The summed E-state index contributed by atoms with van der Waals surface area (Å²) >= 11 is 0. The van der Waals surface area contributed by atoms with Gasteiger partial charge in [-0.15, -0.1) is 0 Å². The van der Waals surface area contributed by atoms with Crippen molar-refractivity contribution in [3.05, 3.63) is 11.7 Å². The van der Waals surface area contributed by atoms with Crippen LogP contribution in [0.4, 0.5) is 13.2 Å². The Bertz CT molecular complexity index is 551. The lowest BCUT2D eigenvalue weighted by Gasteiger charge is -2.39. The maximum absolute atomic E-state index is 12.8. The molecule has 0 amide bonds. The molecule has 1 saturated heterocycles. The number of aliphatic imine (C=N–C) groups is 1. The van der Waals surface area contributed by atoms with Gasteiger partial charge in [-0.05, 0) is 20.8 Å². The highest BCUT2D eigenvalue weighted by Crippen LogP contribution is 2.25. The van der Waals surface area contributed by atoms with E-state index in [1.807, 2.05) is 11.8 Å². The van der Waals surface area contributed by atoms with Crippen LogP contribution < -0.4 is 5.32 Å². The number of nitrogens with zero attached hydrogens (tertiary/aromatic N) is 5. The molecule has 1 aliphatic heterocycles. The van der Waals surface area contributed by atoms with Crippen LogP contribution >= 0.6 is 0 Å². The number of hydrogen-bond donors (Lipinski definition) is 1. The number of aromatic nitrogens is 2. The van der Waals surface area contributed by atoms with Crippen LogP contribution in [-0.2, 0) is 6.54 Å². The van der Waals surface area contributed by atoms with E-state index in [4.69, 9.17) is 4.52 Å². The molecule has 1 aliphatic rings. The number of nitrogens with one attached hydrogen (secondary N) is 1. The Kier molecular flexibility index (Phi) is 6.03. The van der Waals surface area contributed by atoms with E-state index in [1.54, 1.807) is 6.92 Å². The maximum atomic E-state index is 12.8. The lowest BCUT2D eigenvalue weighted by molar-refractivity contribution is -0.181. The third kappa shape index (κ3) is 4.83. The molecule has 0 spiro atoms. The van der Waals surface area contributed by atoms with E-state index in [0.29, 0.717) is 50.4 Å². The highest BCUT2D eigenvalue weighted by atomic mass is 19.4. The first-order valence-electron chi connectivity index (χ1n) is 7.94. The van der Waals surface area contributed by atoms with Gasteiger partial charge in [0.2, 0.25) is 5.89 Å². The van der Waals surface area contributed by atoms with Crippen LogP contribution in [0.25, 0.3) is 0 Å². The number of guanidine groups is 1. The van der Waals surface area contributed by atoms with Crippen molar-refractivity contribution < 1.29 is 17.7 Å². The minimum atomic E-state index is -4.20. The van der Waals surface area contributed by atoms with Crippen molar-refractivity contribution in [3.63, 3.8) is 0 Å². The van der Waals surface area contributed by atoms with Gasteiger partial charge in [0.15, 0.2) is 11.8 Å². The minimum Gasteiger partial charge on any atom is -0.357 e. The fourth-order valence-corrected chi connectivity index (χ4v) is 2.50. The summed E-state index contributed by atoms with van der Waals surface area (Å²) in [7, 11) is 0. The highest BCUT2D eigenvalue weighted by Gasteiger charge is 2.41. The Morgan fingerprint density at radius 2 is 2.00 bits per heavy atom. The number of piperazine rings is 1. The molecule has 0 aliphatic carbocycles. The summed E-state index contributed by atoms with van der Waals surface area (Å²) in [5.74, 6) is 1.60. The Labute approximate surface area is 138 Å². The molecule has 1 fully saturated rings. The van der Waals surface area contributed by atoms with Crippen molar-refractivity contribution in [3.8, 4) is 0 Å². The third-order valence-electron chi connectivity index (χ3n) is 3.90. The molecule has 0 saturated carbocycles. The summed E-state index contributed by atoms with van der Waals surface area (Å²) in [5, 5.41) is 6.85. The van der Waals surface area contributed by atoms with Crippen LogP contribution in [-0.4, -0.2) is 70.8 Å². The van der Waals surface area contributed by atoms with Crippen LogP contribution in [0.1, 0.15) is 25.6 Å². The van der Waals surface area contributed by atoms with Crippen molar-refractivity contribution in [1.82, 2.24) is 25.3 Å². The normalized spacial score (nSPS) is 18.8. The van der Waals surface area contributed by atoms with E-state index in [-0.39, 0.29) is 6.54 Å². The van der Waals surface area contributed by atoms with E-state index in [9.17, 15) is 13.2 Å². The van der Waals surface area contributed by atoms with Crippen LogP contribution in [0.3, 0.4) is 0 Å². The average molecular weight is 348 g/mol. The molecule has 1 aromatic heterocycles. The Morgan fingerprint density at radius 1 is 1.33 bits per heavy atom. The molecule has 0 radical (unpaired) electrons. The fraction of sp³-hybridized carbons (Fsp3) is 0.786. The largest absolute Gasteiger partial charge is 0.403 e. The number of alkyl halides is 3. The summed E-state index contributed by atoms with van der Waals surface area (Å²) in [4.78, 5) is 11.9. The van der Waals surface area contributed by atoms with Crippen LogP contribution in [0.5, 0.6) is 0 Å². The zero-order chi connectivity index (χ0) is 17.7. The third-order valence-corrected chi connectivity index (χ3v) is 3.90. The maximum Gasteiger partial charge on any atom is 0.403 e. The molecular weight excluding hydrogens is 325 g/mol. The van der Waals surface area contributed by atoms with Gasteiger partial charge in [-0.3, -0.25) is 4.90 Å². The van der Waals surface area contributed by atoms with Crippen molar-refractivity contribution >= 4 is 5.96 Å². The molecule has 24 heavy (non-hydrogen) atoms. The van der Waals surface area contributed by atoms with Crippen LogP contribution in [0.2, 0.25) is 0 Å². The molecule has 1 unspecified atom stereocenters. The van der Waals surface area contributed by atoms with Crippen LogP contribution in [0.15, 0.2) is 9.52 Å². The smallest absolute Gasteiger partial charge is 0.357 e. The summed E-state index contributed by atoms with van der Waals surface area (Å²) in [6, 6.07) is -1.43. The van der Waals surface area contributed by atoms with Crippen molar-refractivity contribution in [2.24, 2.45) is 4.99 Å². The molecule has 7 nitrogen and oxygen atoms in total. The predicted octanol–water partition coefficient (Wildman–Crippen LogP) is 1.41. The second-order valence-corrected chi connectivity index (χ2v) is 5.65. The van der Waals surface area contributed by atoms with Crippen molar-refractivity contribution in [2.75, 3.05) is 32.7 Å². The lowest BCUT2D eigenvalue weighted by Crippen LogP contribution is -2.56. The number of aryl methyl sites for hydroxylation is 1. The standard InChI is InChI=1S/C14H23F3N6O/c1-4-18-13(19-9-12-20-11(3)21-24-12)23-7-5-22(6-8-23)10(2)14(15,16)17/h10H,4-9H2,1-3H3,(H,18,19). The number of hydrogen-bond acceptors (Lipinski definition) is 5. The first-order chi connectivity index (χ1) is 11.3. The Morgan fingerprint density at radius 3 is 2.50 bits per heavy atom. The zero-order valence-corrected chi connectivity index (χ0v) is 14.1. The molecule has 1 aromatic rings. The molecular formula is C14H23F3N6O. The van der Waals surface area contributed by atoms with E-state index in [0.717, 1.165) is 0 Å². The van der Waals surface area contributed by atoms with Crippen molar-refractivity contribution in [1.29, 1.82) is 0 Å². The number of rotatable bonds is 4. The van der Waals surface area contributed by atoms with Gasteiger partial charge in [0.1, 0.15) is 12.6 Å². The molecule has 10 heteroatoms. The van der Waals surface area contributed by atoms with Gasteiger partial charge < -0.3 is 14.7 Å². The molecule has 1 atom stereocenters. The first-order valence-corrected chi connectivity index (χ1v) is 7.94. The molecule has 136 valence electrons. The van der Waals surface area contributed by atoms with Gasteiger partial charge in [0.25, 0.3) is 0 Å². The quantitative estimate of drug-likeness (QED) is 0.655.